The first kappa shape index (κ1) is 12.7. The summed E-state index contributed by atoms with van der Waals surface area (Å²) in [6.45, 7) is 0.522. The first-order chi connectivity index (χ1) is 8.74. The minimum absolute atomic E-state index is 0.0529. The number of halogens is 1. The maximum Gasteiger partial charge on any atom is 0.123 e. The van der Waals surface area contributed by atoms with Gasteiger partial charge in [-0.05, 0) is 35.9 Å². The number of hydrogen-bond acceptors (Lipinski definition) is 2. The third-order valence-corrected chi connectivity index (χ3v) is 3.01. The Bertz CT molecular complexity index is 508. The standard InChI is InChI=1S/C15H17FN2/c1-18-15(12-5-7-14(16)8-6-12)13-4-2-3-11(9-13)10-17/h2-9,15,18H,10,17H2,1H3. The summed E-state index contributed by atoms with van der Waals surface area (Å²) in [6.07, 6.45) is 0. The molecule has 94 valence electrons. The van der Waals surface area contributed by atoms with Crippen molar-refractivity contribution in [2.75, 3.05) is 7.05 Å². The molecular weight excluding hydrogens is 227 g/mol. The van der Waals surface area contributed by atoms with Crippen LogP contribution >= 0.6 is 0 Å². The van der Waals surface area contributed by atoms with Gasteiger partial charge in [-0.15, -0.1) is 0 Å². The van der Waals surface area contributed by atoms with E-state index in [4.69, 9.17) is 5.73 Å². The Labute approximate surface area is 107 Å². The van der Waals surface area contributed by atoms with Gasteiger partial charge < -0.3 is 11.1 Å². The van der Waals surface area contributed by atoms with Gasteiger partial charge in [0, 0.05) is 6.54 Å². The molecule has 2 nitrogen and oxygen atoms in total. The summed E-state index contributed by atoms with van der Waals surface area (Å²) in [6, 6.07) is 14.7. The third-order valence-electron chi connectivity index (χ3n) is 3.01. The summed E-state index contributed by atoms with van der Waals surface area (Å²) >= 11 is 0. The molecule has 0 bridgehead atoms. The lowest BCUT2D eigenvalue weighted by Gasteiger charge is -2.18. The van der Waals surface area contributed by atoms with Crippen molar-refractivity contribution in [2.45, 2.75) is 12.6 Å². The van der Waals surface area contributed by atoms with Crippen LogP contribution in [0.2, 0.25) is 0 Å². The molecule has 0 saturated carbocycles. The van der Waals surface area contributed by atoms with Crippen molar-refractivity contribution in [1.29, 1.82) is 0 Å². The molecule has 0 radical (unpaired) electrons. The second kappa shape index (κ2) is 5.76. The zero-order valence-electron chi connectivity index (χ0n) is 10.4. The second-order valence-corrected chi connectivity index (χ2v) is 4.22. The predicted octanol–water partition coefficient (Wildman–Crippen LogP) is 2.59. The molecular formula is C15H17FN2. The van der Waals surface area contributed by atoms with Crippen molar-refractivity contribution in [3.63, 3.8) is 0 Å². The summed E-state index contributed by atoms with van der Waals surface area (Å²) in [5, 5.41) is 3.24. The van der Waals surface area contributed by atoms with Crippen molar-refractivity contribution in [2.24, 2.45) is 5.73 Å². The lowest BCUT2D eigenvalue weighted by Crippen LogP contribution is -2.18. The number of benzene rings is 2. The number of nitrogens with one attached hydrogen (secondary N) is 1. The van der Waals surface area contributed by atoms with E-state index < -0.39 is 0 Å². The summed E-state index contributed by atoms with van der Waals surface area (Å²) in [5.41, 5.74) is 8.91. The van der Waals surface area contributed by atoms with Gasteiger partial charge in [-0.25, -0.2) is 4.39 Å². The second-order valence-electron chi connectivity index (χ2n) is 4.22. The molecule has 0 aromatic heterocycles. The minimum atomic E-state index is -0.218. The smallest absolute Gasteiger partial charge is 0.123 e. The van der Waals surface area contributed by atoms with E-state index >= 15 is 0 Å². The van der Waals surface area contributed by atoms with Crippen LogP contribution in [0.25, 0.3) is 0 Å². The van der Waals surface area contributed by atoms with Gasteiger partial charge in [0.2, 0.25) is 0 Å². The van der Waals surface area contributed by atoms with E-state index in [9.17, 15) is 4.39 Å². The van der Waals surface area contributed by atoms with Crippen LogP contribution in [-0.2, 0) is 6.54 Å². The third kappa shape index (κ3) is 2.75. The Balaban J connectivity index is 2.35. The van der Waals surface area contributed by atoms with Crippen LogP contribution in [-0.4, -0.2) is 7.05 Å². The van der Waals surface area contributed by atoms with Gasteiger partial charge in [-0.1, -0.05) is 36.4 Å². The molecule has 0 amide bonds. The van der Waals surface area contributed by atoms with Gasteiger partial charge in [0.05, 0.1) is 6.04 Å². The fourth-order valence-corrected chi connectivity index (χ4v) is 2.08. The highest BCUT2D eigenvalue weighted by atomic mass is 19.1. The Hall–Kier alpha value is -1.71. The van der Waals surface area contributed by atoms with Crippen LogP contribution in [0.1, 0.15) is 22.7 Å². The predicted molar refractivity (Wildman–Crippen MR) is 71.6 cm³/mol. The highest BCUT2D eigenvalue weighted by Gasteiger charge is 2.11. The molecule has 0 aliphatic carbocycles. The SMILES string of the molecule is CNC(c1ccc(F)cc1)c1cccc(CN)c1. The van der Waals surface area contributed by atoms with E-state index in [-0.39, 0.29) is 11.9 Å². The van der Waals surface area contributed by atoms with Crippen LogP contribution in [0.3, 0.4) is 0 Å². The molecule has 3 N–H and O–H groups in total. The molecule has 2 aromatic rings. The van der Waals surface area contributed by atoms with Gasteiger partial charge in [-0.3, -0.25) is 0 Å². The minimum Gasteiger partial charge on any atom is -0.326 e. The molecule has 0 heterocycles. The quantitative estimate of drug-likeness (QED) is 0.867. The van der Waals surface area contributed by atoms with Crippen LogP contribution < -0.4 is 11.1 Å². The molecule has 0 aliphatic rings. The van der Waals surface area contributed by atoms with Crippen LogP contribution in [0.5, 0.6) is 0 Å². The van der Waals surface area contributed by atoms with Crippen molar-refractivity contribution in [3.8, 4) is 0 Å². The van der Waals surface area contributed by atoms with E-state index in [0.29, 0.717) is 6.54 Å². The molecule has 18 heavy (non-hydrogen) atoms. The van der Waals surface area contributed by atoms with Crippen molar-refractivity contribution in [3.05, 3.63) is 71.0 Å². The first-order valence-corrected chi connectivity index (χ1v) is 5.96. The van der Waals surface area contributed by atoms with E-state index in [1.165, 1.54) is 12.1 Å². The molecule has 3 heteroatoms. The summed E-state index contributed by atoms with van der Waals surface area (Å²) in [5.74, 6) is -0.218. The number of hydrogen-bond donors (Lipinski definition) is 2. The van der Waals surface area contributed by atoms with Gasteiger partial charge in [0.1, 0.15) is 5.82 Å². The average molecular weight is 244 g/mol. The van der Waals surface area contributed by atoms with Crippen molar-refractivity contribution < 1.29 is 4.39 Å². The fourth-order valence-electron chi connectivity index (χ4n) is 2.08. The normalized spacial score (nSPS) is 12.4. The number of nitrogens with two attached hydrogens (primary N) is 1. The van der Waals surface area contributed by atoms with E-state index in [2.05, 4.69) is 11.4 Å². The molecule has 0 fully saturated rings. The summed E-state index contributed by atoms with van der Waals surface area (Å²) in [4.78, 5) is 0. The van der Waals surface area contributed by atoms with Crippen molar-refractivity contribution in [1.82, 2.24) is 5.32 Å². The molecule has 0 aliphatic heterocycles. The van der Waals surface area contributed by atoms with Crippen LogP contribution in [0, 0.1) is 5.82 Å². The van der Waals surface area contributed by atoms with Crippen LogP contribution in [0.4, 0.5) is 4.39 Å². The first-order valence-electron chi connectivity index (χ1n) is 5.96. The Morgan fingerprint density at radius 1 is 1.11 bits per heavy atom. The highest BCUT2D eigenvalue weighted by Crippen LogP contribution is 2.22. The molecule has 0 saturated heterocycles. The Kier molecular flexibility index (Phi) is 4.07. The monoisotopic (exact) mass is 244 g/mol. The van der Waals surface area contributed by atoms with E-state index in [1.54, 1.807) is 12.1 Å². The van der Waals surface area contributed by atoms with Gasteiger partial charge in [0.15, 0.2) is 0 Å². The molecule has 2 aromatic carbocycles. The largest absolute Gasteiger partial charge is 0.326 e. The maximum atomic E-state index is 12.9. The highest BCUT2D eigenvalue weighted by molar-refractivity contribution is 5.34. The topological polar surface area (TPSA) is 38.0 Å². The van der Waals surface area contributed by atoms with Gasteiger partial charge in [0.25, 0.3) is 0 Å². The van der Waals surface area contributed by atoms with Gasteiger partial charge >= 0.3 is 0 Å². The lowest BCUT2D eigenvalue weighted by molar-refractivity contribution is 0.623. The molecule has 2 rings (SSSR count). The zero-order valence-corrected chi connectivity index (χ0v) is 10.4. The number of rotatable bonds is 4. The molecule has 1 unspecified atom stereocenters. The van der Waals surface area contributed by atoms with Gasteiger partial charge in [-0.2, -0.15) is 0 Å². The van der Waals surface area contributed by atoms with Crippen molar-refractivity contribution >= 4 is 0 Å². The van der Waals surface area contributed by atoms with E-state index in [0.717, 1.165) is 16.7 Å². The summed E-state index contributed by atoms with van der Waals surface area (Å²) < 4.78 is 12.9. The fraction of sp³-hybridized carbons (Fsp3) is 0.200. The molecule has 1 atom stereocenters. The Morgan fingerprint density at radius 3 is 2.44 bits per heavy atom. The zero-order chi connectivity index (χ0) is 13.0. The summed E-state index contributed by atoms with van der Waals surface area (Å²) in [7, 11) is 1.89. The van der Waals surface area contributed by atoms with E-state index in [1.807, 2.05) is 25.2 Å². The van der Waals surface area contributed by atoms with Crippen LogP contribution in [0.15, 0.2) is 48.5 Å². The average Bonchev–Trinajstić information content (AvgIpc) is 2.42. The maximum absolute atomic E-state index is 12.9. The lowest BCUT2D eigenvalue weighted by atomic mass is 9.97. The molecule has 0 spiro atoms. The Morgan fingerprint density at radius 2 is 1.83 bits per heavy atom.